The molecule has 4 nitrogen and oxygen atoms in total. The first kappa shape index (κ1) is 12.8. The lowest BCUT2D eigenvalue weighted by Gasteiger charge is -2.16. The zero-order valence-electron chi connectivity index (χ0n) is 11.1. The number of nitrogens with zero attached hydrogens (tertiary/aromatic N) is 2. The lowest BCUT2D eigenvalue weighted by atomic mass is 9.97. The van der Waals surface area contributed by atoms with E-state index >= 15 is 0 Å². The monoisotopic (exact) mass is 244 g/mol. The summed E-state index contributed by atoms with van der Waals surface area (Å²) in [5.74, 6) is 5.66. The third-order valence-electron chi connectivity index (χ3n) is 3.26. The van der Waals surface area contributed by atoms with Crippen molar-refractivity contribution < 1.29 is 0 Å². The minimum Gasteiger partial charge on any atom is -0.275 e. The van der Waals surface area contributed by atoms with Gasteiger partial charge in [0.1, 0.15) is 0 Å². The first-order valence-corrected chi connectivity index (χ1v) is 6.11. The van der Waals surface area contributed by atoms with Crippen LogP contribution in [-0.4, -0.2) is 9.78 Å². The topological polar surface area (TPSA) is 55.9 Å². The predicted octanol–water partition coefficient (Wildman–Crippen LogP) is 1.78. The van der Waals surface area contributed by atoms with Crippen molar-refractivity contribution in [3.63, 3.8) is 0 Å². The van der Waals surface area contributed by atoms with Gasteiger partial charge in [-0.1, -0.05) is 23.8 Å². The van der Waals surface area contributed by atoms with E-state index in [1.54, 1.807) is 4.68 Å². The Bertz CT molecular complexity index is 530. The minimum absolute atomic E-state index is 0.0965. The zero-order valence-corrected chi connectivity index (χ0v) is 11.1. The third kappa shape index (κ3) is 2.78. The van der Waals surface area contributed by atoms with E-state index in [0.717, 1.165) is 12.0 Å². The summed E-state index contributed by atoms with van der Waals surface area (Å²) in [5.41, 5.74) is 7.88. The maximum atomic E-state index is 5.66. The van der Waals surface area contributed by atoms with E-state index < -0.39 is 0 Å². The molecule has 1 aromatic heterocycles. The summed E-state index contributed by atoms with van der Waals surface area (Å²) in [5, 5.41) is 4.19. The van der Waals surface area contributed by atoms with Crippen LogP contribution in [0, 0.1) is 13.8 Å². The van der Waals surface area contributed by atoms with E-state index in [4.69, 9.17) is 5.84 Å². The Kier molecular flexibility index (Phi) is 3.79. The molecule has 18 heavy (non-hydrogen) atoms. The molecule has 3 N–H and O–H groups in total. The van der Waals surface area contributed by atoms with Crippen molar-refractivity contribution in [1.82, 2.24) is 15.2 Å². The van der Waals surface area contributed by atoms with Crippen molar-refractivity contribution >= 4 is 0 Å². The summed E-state index contributed by atoms with van der Waals surface area (Å²) in [6.45, 7) is 4.24. The van der Waals surface area contributed by atoms with E-state index in [1.165, 1.54) is 16.7 Å². The normalized spacial score (nSPS) is 12.7. The van der Waals surface area contributed by atoms with E-state index in [2.05, 4.69) is 42.6 Å². The van der Waals surface area contributed by atoms with Crippen LogP contribution in [0.15, 0.2) is 30.6 Å². The van der Waals surface area contributed by atoms with Gasteiger partial charge in [0.05, 0.1) is 12.2 Å². The molecular weight excluding hydrogens is 224 g/mol. The van der Waals surface area contributed by atoms with Gasteiger partial charge in [-0.2, -0.15) is 5.10 Å². The van der Waals surface area contributed by atoms with E-state index in [9.17, 15) is 0 Å². The van der Waals surface area contributed by atoms with Crippen LogP contribution >= 0.6 is 0 Å². The van der Waals surface area contributed by atoms with Crippen LogP contribution in [0.3, 0.4) is 0 Å². The lowest BCUT2D eigenvalue weighted by molar-refractivity contribution is 0.550. The number of aryl methyl sites for hydroxylation is 3. The van der Waals surface area contributed by atoms with Crippen molar-refractivity contribution in [1.29, 1.82) is 0 Å². The maximum absolute atomic E-state index is 5.66. The Morgan fingerprint density at radius 1 is 1.39 bits per heavy atom. The van der Waals surface area contributed by atoms with Gasteiger partial charge in [0.25, 0.3) is 0 Å². The van der Waals surface area contributed by atoms with Crippen LogP contribution in [-0.2, 0) is 13.5 Å². The molecule has 0 bridgehead atoms. The zero-order chi connectivity index (χ0) is 13.1. The number of benzene rings is 1. The van der Waals surface area contributed by atoms with E-state index in [0.29, 0.717) is 0 Å². The second-order valence-corrected chi connectivity index (χ2v) is 4.80. The van der Waals surface area contributed by atoms with Crippen molar-refractivity contribution in [2.24, 2.45) is 12.9 Å². The first-order valence-electron chi connectivity index (χ1n) is 6.11. The van der Waals surface area contributed by atoms with Gasteiger partial charge in [0, 0.05) is 18.8 Å². The summed E-state index contributed by atoms with van der Waals surface area (Å²) in [7, 11) is 1.91. The smallest absolute Gasteiger partial charge is 0.0538 e. The molecule has 0 aliphatic rings. The number of nitrogens with one attached hydrogen (secondary N) is 1. The molecule has 2 aromatic rings. The summed E-state index contributed by atoms with van der Waals surface area (Å²) in [6, 6.07) is 6.60. The fourth-order valence-electron chi connectivity index (χ4n) is 2.13. The molecule has 0 saturated heterocycles. The first-order chi connectivity index (χ1) is 8.60. The molecule has 0 aliphatic heterocycles. The highest BCUT2D eigenvalue weighted by Crippen LogP contribution is 2.20. The summed E-state index contributed by atoms with van der Waals surface area (Å²) >= 11 is 0. The number of aromatic nitrogens is 2. The molecule has 2 rings (SSSR count). The second kappa shape index (κ2) is 5.33. The Hall–Kier alpha value is -1.65. The van der Waals surface area contributed by atoms with Gasteiger partial charge in [-0.3, -0.25) is 16.0 Å². The quantitative estimate of drug-likeness (QED) is 0.637. The highest BCUT2D eigenvalue weighted by Gasteiger charge is 2.13. The molecule has 1 heterocycles. The molecule has 0 saturated carbocycles. The highest BCUT2D eigenvalue weighted by molar-refractivity contribution is 5.32. The molecule has 1 unspecified atom stereocenters. The van der Waals surface area contributed by atoms with E-state index in [-0.39, 0.29) is 6.04 Å². The molecule has 96 valence electrons. The van der Waals surface area contributed by atoms with Crippen molar-refractivity contribution in [2.75, 3.05) is 0 Å². The number of hydrazine groups is 1. The van der Waals surface area contributed by atoms with Crippen molar-refractivity contribution in [3.05, 3.63) is 52.8 Å². The molecule has 0 fully saturated rings. The molecule has 0 amide bonds. The van der Waals surface area contributed by atoms with Crippen LogP contribution in [0.4, 0.5) is 0 Å². The predicted molar refractivity (Wildman–Crippen MR) is 72.9 cm³/mol. The Balaban J connectivity index is 2.22. The highest BCUT2D eigenvalue weighted by atomic mass is 15.3. The number of rotatable bonds is 4. The molecule has 0 radical (unpaired) electrons. The van der Waals surface area contributed by atoms with Gasteiger partial charge < -0.3 is 0 Å². The van der Waals surface area contributed by atoms with Crippen LogP contribution in [0.2, 0.25) is 0 Å². The van der Waals surface area contributed by atoms with Gasteiger partial charge in [-0.05, 0) is 31.4 Å². The molecule has 0 spiro atoms. The van der Waals surface area contributed by atoms with Gasteiger partial charge in [0.2, 0.25) is 0 Å². The Labute approximate surface area is 108 Å². The van der Waals surface area contributed by atoms with Gasteiger partial charge in [0.15, 0.2) is 0 Å². The third-order valence-corrected chi connectivity index (χ3v) is 3.26. The summed E-state index contributed by atoms with van der Waals surface area (Å²) < 4.78 is 1.79. The van der Waals surface area contributed by atoms with Crippen LogP contribution < -0.4 is 11.3 Å². The van der Waals surface area contributed by atoms with Gasteiger partial charge in [-0.25, -0.2) is 0 Å². The van der Waals surface area contributed by atoms with Crippen molar-refractivity contribution in [2.45, 2.75) is 26.3 Å². The molecule has 0 aliphatic carbocycles. The molecule has 4 heteroatoms. The molecule has 1 aromatic carbocycles. The fraction of sp³-hybridized carbons (Fsp3) is 0.357. The second-order valence-electron chi connectivity index (χ2n) is 4.80. The Morgan fingerprint density at radius 2 is 2.17 bits per heavy atom. The van der Waals surface area contributed by atoms with Gasteiger partial charge >= 0.3 is 0 Å². The number of hydrogen-bond acceptors (Lipinski definition) is 3. The van der Waals surface area contributed by atoms with E-state index in [1.807, 2.05) is 19.4 Å². The van der Waals surface area contributed by atoms with Crippen molar-refractivity contribution in [3.8, 4) is 0 Å². The maximum Gasteiger partial charge on any atom is 0.0538 e. The van der Waals surface area contributed by atoms with Gasteiger partial charge in [-0.15, -0.1) is 0 Å². The summed E-state index contributed by atoms with van der Waals surface area (Å²) in [6.07, 6.45) is 4.72. The average molecular weight is 244 g/mol. The van der Waals surface area contributed by atoms with Crippen LogP contribution in [0.25, 0.3) is 0 Å². The summed E-state index contributed by atoms with van der Waals surface area (Å²) in [4.78, 5) is 0. The van der Waals surface area contributed by atoms with Crippen LogP contribution in [0.1, 0.15) is 28.3 Å². The molecular formula is C14H20N4. The standard InChI is InChI=1S/C14H20N4/c1-10-4-5-11(2)12(6-10)7-14(17-15)13-8-16-18(3)9-13/h4-6,8-9,14,17H,7,15H2,1-3H3. The molecule has 1 atom stereocenters. The SMILES string of the molecule is Cc1ccc(C)c(CC(NN)c2cnn(C)c2)c1. The number of hydrogen-bond donors (Lipinski definition) is 2. The fourth-order valence-corrected chi connectivity index (χ4v) is 2.13. The largest absolute Gasteiger partial charge is 0.275 e. The lowest BCUT2D eigenvalue weighted by Crippen LogP contribution is -2.29. The average Bonchev–Trinajstić information content (AvgIpc) is 2.77. The van der Waals surface area contributed by atoms with Crippen LogP contribution in [0.5, 0.6) is 0 Å². The Morgan fingerprint density at radius 3 is 2.78 bits per heavy atom. The minimum atomic E-state index is 0.0965. The number of nitrogens with two attached hydrogens (primary N) is 1.